The van der Waals surface area contributed by atoms with E-state index in [0.29, 0.717) is 12.5 Å². The van der Waals surface area contributed by atoms with Crippen LogP contribution in [0.3, 0.4) is 0 Å². The van der Waals surface area contributed by atoms with Gasteiger partial charge in [-0.2, -0.15) is 5.10 Å². The number of hydrogen-bond donors (Lipinski definition) is 1. The molecule has 2 aliphatic rings. The van der Waals surface area contributed by atoms with Gasteiger partial charge in [0.05, 0.1) is 23.9 Å². The van der Waals surface area contributed by atoms with Gasteiger partial charge in [0.25, 0.3) is 5.91 Å². The van der Waals surface area contributed by atoms with E-state index in [0.717, 1.165) is 49.2 Å². The first-order valence-electron chi connectivity index (χ1n) is 7.07. The molecule has 1 aliphatic carbocycles. The Morgan fingerprint density at radius 2 is 2.26 bits per heavy atom. The fourth-order valence-corrected chi connectivity index (χ4v) is 2.98. The van der Waals surface area contributed by atoms with E-state index in [-0.39, 0.29) is 11.9 Å². The van der Waals surface area contributed by atoms with Crippen LogP contribution in [0.25, 0.3) is 0 Å². The lowest BCUT2D eigenvalue weighted by molar-refractivity contribution is 0.0629. The van der Waals surface area contributed by atoms with Crippen molar-refractivity contribution in [1.82, 2.24) is 15.1 Å². The van der Waals surface area contributed by atoms with Crippen LogP contribution in [0.1, 0.15) is 53.3 Å². The van der Waals surface area contributed by atoms with E-state index in [9.17, 15) is 4.79 Å². The molecule has 1 saturated heterocycles. The van der Waals surface area contributed by atoms with Crippen LogP contribution in [-0.2, 0) is 4.74 Å². The Morgan fingerprint density at radius 1 is 1.47 bits per heavy atom. The third-order valence-electron chi connectivity index (χ3n) is 4.15. The molecule has 1 atom stereocenters. The molecule has 2 fully saturated rings. The van der Waals surface area contributed by atoms with Crippen molar-refractivity contribution in [3.63, 3.8) is 0 Å². The van der Waals surface area contributed by atoms with E-state index in [2.05, 4.69) is 10.2 Å². The second-order valence-electron chi connectivity index (χ2n) is 5.63. The molecule has 0 aromatic carbocycles. The number of aryl methyl sites for hydroxylation is 1. The number of aromatic nitrogens is 2. The molecule has 1 aliphatic heterocycles. The number of ether oxygens (including phenoxy) is 1. The SMILES string of the molecule is COC[C@H]1CCCN1C(=O)c1c(C2CC2)n[nH]c1C. The maximum absolute atomic E-state index is 12.8. The molecular weight excluding hydrogens is 242 g/mol. The minimum absolute atomic E-state index is 0.132. The number of carbonyl (C=O) groups is 1. The number of aromatic amines is 1. The van der Waals surface area contributed by atoms with Gasteiger partial charge in [-0.1, -0.05) is 0 Å². The first-order chi connectivity index (χ1) is 9.22. The summed E-state index contributed by atoms with van der Waals surface area (Å²) in [5.74, 6) is 0.625. The molecule has 1 amide bonds. The van der Waals surface area contributed by atoms with Crippen LogP contribution in [-0.4, -0.2) is 47.3 Å². The summed E-state index contributed by atoms with van der Waals surface area (Å²) in [6, 6.07) is 0.221. The van der Waals surface area contributed by atoms with E-state index < -0.39 is 0 Å². The second-order valence-corrected chi connectivity index (χ2v) is 5.63. The summed E-state index contributed by atoms with van der Waals surface area (Å²) in [6.07, 6.45) is 4.42. The molecule has 2 heterocycles. The standard InChI is InChI=1S/C14H21N3O2/c1-9-12(13(16-15-9)10-5-6-10)14(18)17-7-3-4-11(17)8-19-2/h10-11H,3-8H2,1-2H3,(H,15,16)/t11-/m1/s1. The van der Waals surface area contributed by atoms with Gasteiger partial charge in [-0.05, 0) is 32.6 Å². The zero-order valence-corrected chi connectivity index (χ0v) is 11.6. The Labute approximate surface area is 113 Å². The van der Waals surface area contributed by atoms with Crippen LogP contribution in [0.5, 0.6) is 0 Å². The number of nitrogens with zero attached hydrogens (tertiary/aromatic N) is 2. The average molecular weight is 263 g/mol. The lowest BCUT2D eigenvalue weighted by Crippen LogP contribution is -2.38. The molecule has 1 N–H and O–H groups in total. The maximum Gasteiger partial charge on any atom is 0.257 e. The Balaban J connectivity index is 1.85. The predicted molar refractivity (Wildman–Crippen MR) is 71.2 cm³/mol. The number of carbonyl (C=O) groups excluding carboxylic acids is 1. The van der Waals surface area contributed by atoms with Crippen LogP contribution in [0.2, 0.25) is 0 Å². The largest absolute Gasteiger partial charge is 0.383 e. The summed E-state index contributed by atoms with van der Waals surface area (Å²) in [5.41, 5.74) is 2.69. The number of hydrogen-bond acceptors (Lipinski definition) is 3. The van der Waals surface area contributed by atoms with E-state index in [1.165, 1.54) is 0 Å². The van der Waals surface area contributed by atoms with Gasteiger partial charge in [-0.15, -0.1) is 0 Å². The smallest absolute Gasteiger partial charge is 0.257 e. The van der Waals surface area contributed by atoms with E-state index in [1.54, 1.807) is 7.11 Å². The lowest BCUT2D eigenvalue weighted by Gasteiger charge is -2.24. The zero-order chi connectivity index (χ0) is 13.4. The first kappa shape index (κ1) is 12.7. The minimum Gasteiger partial charge on any atom is -0.383 e. The van der Waals surface area contributed by atoms with Crippen molar-refractivity contribution < 1.29 is 9.53 Å². The molecule has 1 aromatic rings. The lowest BCUT2D eigenvalue weighted by atomic mass is 10.1. The molecule has 5 heteroatoms. The van der Waals surface area contributed by atoms with Gasteiger partial charge >= 0.3 is 0 Å². The van der Waals surface area contributed by atoms with Crippen LogP contribution >= 0.6 is 0 Å². The van der Waals surface area contributed by atoms with Gasteiger partial charge in [0, 0.05) is 25.3 Å². The van der Waals surface area contributed by atoms with Crippen molar-refractivity contribution >= 4 is 5.91 Å². The van der Waals surface area contributed by atoms with Crippen LogP contribution < -0.4 is 0 Å². The van der Waals surface area contributed by atoms with Crippen LogP contribution in [0.4, 0.5) is 0 Å². The molecule has 104 valence electrons. The van der Waals surface area contributed by atoms with Crippen molar-refractivity contribution in [2.75, 3.05) is 20.3 Å². The molecule has 19 heavy (non-hydrogen) atoms. The quantitative estimate of drug-likeness (QED) is 0.902. The molecule has 3 rings (SSSR count). The molecule has 1 saturated carbocycles. The molecule has 1 aromatic heterocycles. The summed E-state index contributed by atoms with van der Waals surface area (Å²) in [5, 5.41) is 7.32. The Kier molecular flexibility index (Phi) is 3.31. The predicted octanol–water partition coefficient (Wildman–Crippen LogP) is 1.85. The van der Waals surface area contributed by atoms with Gasteiger partial charge in [0.15, 0.2) is 0 Å². The topological polar surface area (TPSA) is 58.2 Å². The first-order valence-corrected chi connectivity index (χ1v) is 7.07. The molecule has 0 unspecified atom stereocenters. The van der Waals surface area contributed by atoms with Crippen molar-refractivity contribution in [3.8, 4) is 0 Å². The highest BCUT2D eigenvalue weighted by molar-refractivity contribution is 5.97. The number of amides is 1. The number of likely N-dealkylation sites (tertiary alicyclic amines) is 1. The van der Waals surface area contributed by atoms with Crippen LogP contribution in [0.15, 0.2) is 0 Å². The van der Waals surface area contributed by atoms with Gasteiger partial charge in [-0.25, -0.2) is 0 Å². The third kappa shape index (κ3) is 2.27. The Bertz CT molecular complexity index is 479. The van der Waals surface area contributed by atoms with Crippen molar-refractivity contribution in [1.29, 1.82) is 0 Å². The highest BCUT2D eigenvalue weighted by atomic mass is 16.5. The highest BCUT2D eigenvalue weighted by Crippen LogP contribution is 2.41. The van der Waals surface area contributed by atoms with Gasteiger partial charge in [0.2, 0.25) is 0 Å². The molecular formula is C14H21N3O2. The van der Waals surface area contributed by atoms with Crippen LogP contribution in [0, 0.1) is 6.92 Å². The van der Waals surface area contributed by atoms with E-state index >= 15 is 0 Å². The summed E-state index contributed by atoms with van der Waals surface area (Å²) in [6.45, 7) is 3.40. The van der Waals surface area contributed by atoms with Gasteiger partial charge in [0.1, 0.15) is 0 Å². The van der Waals surface area contributed by atoms with E-state index in [4.69, 9.17) is 4.74 Å². The highest BCUT2D eigenvalue weighted by Gasteiger charge is 2.36. The van der Waals surface area contributed by atoms with Crippen molar-refractivity contribution in [2.24, 2.45) is 0 Å². The van der Waals surface area contributed by atoms with Gasteiger partial charge < -0.3 is 9.64 Å². The number of nitrogens with one attached hydrogen (secondary N) is 1. The maximum atomic E-state index is 12.8. The fourth-order valence-electron chi connectivity index (χ4n) is 2.98. The average Bonchev–Trinajstić information content (AvgIpc) is 3.01. The minimum atomic E-state index is 0.132. The summed E-state index contributed by atoms with van der Waals surface area (Å²) in [7, 11) is 1.69. The molecule has 0 spiro atoms. The molecule has 0 radical (unpaired) electrons. The van der Waals surface area contributed by atoms with Gasteiger partial charge in [-0.3, -0.25) is 9.89 Å². The van der Waals surface area contributed by atoms with Crippen molar-refractivity contribution in [2.45, 2.75) is 44.6 Å². The van der Waals surface area contributed by atoms with E-state index in [1.807, 2.05) is 11.8 Å². The number of methoxy groups -OCH3 is 1. The third-order valence-corrected chi connectivity index (χ3v) is 4.15. The normalized spacial score (nSPS) is 23.1. The Hall–Kier alpha value is -1.36. The summed E-state index contributed by atoms with van der Waals surface area (Å²) < 4.78 is 5.23. The zero-order valence-electron chi connectivity index (χ0n) is 11.6. The Morgan fingerprint density at radius 3 is 2.95 bits per heavy atom. The number of H-pyrrole nitrogens is 1. The summed E-state index contributed by atoms with van der Waals surface area (Å²) in [4.78, 5) is 14.7. The summed E-state index contributed by atoms with van der Waals surface area (Å²) >= 11 is 0. The molecule has 5 nitrogen and oxygen atoms in total. The van der Waals surface area contributed by atoms with Crippen molar-refractivity contribution in [3.05, 3.63) is 17.0 Å². The second kappa shape index (κ2) is 4.96. The fraction of sp³-hybridized carbons (Fsp3) is 0.714. The number of rotatable bonds is 4. The molecule has 0 bridgehead atoms. The monoisotopic (exact) mass is 263 g/mol.